The number of Topliss-reactive ketones (excluding diaryl/α,β-unsaturated/α-hetero) is 2. The number of benzene rings is 4. The van der Waals surface area contributed by atoms with Crippen molar-refractivity contribution in [1.82, 2.24) is 0 Å². The normalized spacial score (nSPS) is 13.4. The molecule has 0 fully saturated rings. The fourth-order valence-corrected chi connectivity index (χ4v) is 9.21. The van der Waals surface area contributed by atoms with Gasteiger partial charge < -0.3 is 8.83 Å². The number of carbonyl (C=O) groups is 2. The van der Waals surface area contributed by atoms with Crippen LogP contribution < -0.4 is 43.1 Å². The second-order valence-electron chi connectivity index (χ2n) is 15.6. The highest BCUT2D eigenvalue weighted by Gasteiger charge is 2.47. The lowest BCUT2D eigenvalue weighted by Gasteiger charge is -2.46. The molecule has 2 heterocycles. The van der Waals surface area contributed by atoms with Gasteiger partial charge in [0.25, 0.3) is 0 Å². The van der Waals surface area contributed by atoms with Gasteiger partial charge >= 0.3 is 78.1 Å². The molecule has 6 rings (SSSR count). The van der Waals surface area contributed by atoms with E-state index in [2.05, 4.69) is 0 Å². The topological polar surface area (TPSA) is 60.4 Å². The summed E-state index contributed by atoms with van der Waals surface area (Å²) in [6.45, 7) is 2.92. The molecule has 0 aliphatic heterocycles. The van der Waals surface area contributed by atoms with Crippen LogP contribution in [0.2, 0.25) is 0 Å². The molecular weight excluding hydrogens is 1190 g/mol. The van der Waals surface area contributed by atoms with E-state index < -0.39 is 216 Å². The summed E-state index contributed by atoms with van der Waals surface area (Å²) < 4.78 is 353. The molecule has 0 saturated heterocycles. The average molecular weight is 1210 g/mol. The van der Waals surface area contributed by atoms with Crippen LogP contribution in [0.25, 0.3) is 0 Å². The summed E-state index contributed by atoms with van der Waals surface area (Å²) in [5.41, 5.74) is -30.2. The zero-order valence-corrected chi connectivity index (χ0v) is 38.1. The number of rotatable bonds is 8. The maximum atomic E-state index is 14.2. The second kappa shape index (κ2) is 19.9. The van der Waals surface area contributed by atoms with Crippen LogP contribution in [-0.4, -0.2) is 17.7 Å². The molecule has 2 aromatic heterocycles. The zero-order chi connectivity index (χ0) is 56.3. The van der Waals surface area contributed by atoms with Gasteiger partial charge in [-0.15, -0.1) is 0 Å². The van der Waals surface area contributed by atoms with E-state index in [1.165, 1.54) is 13.8 Å². The van der Waals surface area contributed by atoms with E-state index in [-0.39, 0.29) is 11.6 Å². The second-order valence-corrected chi connectivity index (χ2v) is 18.3. The monoisotopic (exact) mass is 1210 g/mol. The summed E-state index contributed by atoms with van der Waals surface area (Å²) in [4.78, 5) is 22.1. The minimum absolute atomic E-state index is 0.0934. The Labute approximate surface area is 407 Å². The molecule has 0 atom stereocenters. The SMILES string of the molecule is CC(=O)c1ccc([I+]c2ccc(C(C)=O)o2)o1.FC(F)(F)c1cc([B-](c2cc(C(F)(F)F)cc(C(F)(F)F)c2)(c2cc(C(F)(F)F)cc(C(F)(F)F)c2)c2cc(C(F)(F)F)cc(C(F)(F)F)c2)cc(C(F)(F)F)c1. The number of furan rings is 2. The lowest BCUT2D eigenvalue weighted by atomic mass is 9.12. The molecule has 0 bridgehead atoms. The van der Waals surface area contributed by atoms with Crippen LogP contribution in [0.4, 0.5) is 105 Å². The van der Waals surface area contributed by atoms with E-state index in [1.54, 1.807) is 24.3 Å². The van der Waals surface area contributed by atoms with Crippen molar-refractivity contribution in [3.05, 3.63) is 161 Å². The van der Waals surface area contributed by atoms with Crippen LogP contribution in [0.15, 0.2) is 106 Å². The fraction of sp³-hybridized carbons (Fsp3) is 0.227. The summed E-state index contributed by atoms with van der Waals surface area (Å²) in [6.07, 6.45) is -54.8. The molecule has 0 spiro atoms. The van der Waals surface area contributed by atoms with Gasteiger partial charge in [-0.05, 0) is 36.4 Å². The molecule has 4 aromatic carbocycles. The molecule has 0 radical (unpaired) electrons. The van der Waals surface area contributed by atoms with Crippen molar-refractivity contribution in [1.29, 1.82) is 0 Å². The molecular formula is C44H22BF24IO4. The quantitative estimate of drug-likeness (QED) is 0.0660. The van der Waals surface area contributed by atoms with Gasteiger partial charge in [-0.1, -0.05) is 48.5 Å². The molecule has 400 valence electrons. The third kappa shape index (κ3) is 13.4. The van der Waals surface area contributed by atoms with Gasteiger partial charge in [0.05, 0.1) is 44.5 Å². The number of ketones is 2. The first-order valence-corrected chi connectivity index (χ1v) is 21.7. The summed E-state index contributed by atoms with van der Waals surface area (Å²) in [5, 5.41) is 0. The van der Waals surface area contributed by atoms with Crippen molar-refractivity contribution in [2.45, 2.75) is 63.3 Å². The third-order valence-electron chi connectivity index (χ3n) is 10.5. The standard InChI is InChI=1S/C32H12BF24.C12H10IO4/c34-25(35,36)13-1-14(26(37,38)39)6-21(5-13)33(22-7-15(27(40,41)42)2-16(8-22)28(43,44)45,23-9-17(29(46,47)48)3-18(10-23)30(49,50)51)24-11-19(31(52,53)54)4-20(12-24)32(55,56)57;1-7(14)9-3-5-11(16-9)13-12-6-4-10(17-12)8(2)15/h1-12H;3-6H,1-2H3/q-1;+1. The smallest absolute Gasteiger partial charge is 0.415 e. The maximum Gasteiger partial charge on any atom is 0.443 e. The van der Waals surface area contributed by atoms with Crippen molar-refractivity contribution in [2.75, 3.05) is 0 Å². The molecule has 0 N–H and O–H groups in total. The molecule has 0 amide bonds. The fourth-order valence-electron chi connectivity index (χ4n) is 7.27. The Balaban J connectivity index is 0.000000500. The van der Waals surface area contributed by atoms with Gasteiger partial charge in [0.15, 0.2) is 23.1 Å². The Morgan fingerprint density at radius 3 is 0.635 bits per heavy atom. The highest BCUT2D eigenvalue weighted by molar-refractivity contribution is 7.20. The minimum Gasteiger partial charge on any atom is -0.415 e. The van der Waals surface area contributed by atoms with Gasteiger partial charge in [0, 0.05) is 26.0 Å². The minimum atomic E-state index is -6.13. The van der Waals surface area contributed by atoms with Crippen LogP contribution in [0.5, 0.6) is 0 Å². The number of hydrogen-bond donors (Lipinski definition) is 0. The molecule has 6 aromatic rings. The van der Waals surface area contributed by atoms with Crippen LogP contribution >= 0.6 is 0 Å². The maximum absolute atomic E-state index is 14.2. The van der Waals surface area contributed by atoms with Crippen LogP contribution in [-0.2, 0) is 49.4 Å². The van der Waals surface area contributed by atoms with Crippen LogP contribution in [0.3, 0.4) is 0 Å². The Kier molecular flexibility index (Phi) is 15.8. The summed E-state index contributed by atoms with van der Waals surface area (Å²) in [5.74, 6) is 0.532. The van der Waals surface area contributed by atoms with E-state index in [9.17, 15) is 115 Å². The molecule has 0 aliphatic carbocycles. The first-order chi connectivity index (χ1) is 33.3. The number of alkyl halides is 24. The number of halogens is 25. The first-order valence-electron chi connectivity index (χ1n) is 19.5. The summed E-state index contributed by atoms with van der Waals surface area (Å²) in [7, 11) is 0. The van der Waals surface area contributed by atoms with E-state index in [0.717, 1.165) is 7.53 Å². The summed E-state index contributed by atoms with van der Waals surface area (Å²) in [6, 6.07) is -1.94. The lowest BCUT2D eigenvalue weighted by molar-refractivity contribution is -0.636. The van der Waals surface area contributed by atoms with E-state index in [4.69, 9.17) is 8.83 Å². The summed E-state index contributed by atoms with van der Waals surface area (Å²) >= 11 is -0.619. The predicted octanol–water partition coefficient (Wildman–Crippen LogP) is 10.6. The van der Waals surface area contributed by atoms with Crippen molar-refractivity contribution in [2.24, 2.45) is 0 Å². The highest BCUT2D eigenvalue weighted by atomic mass is 127. The number of carbonyl (C=O) groups excluding carboxylic acids is 2. The van der Waals surface area contributed by atoms with E-state index in [1.807, 2.05) is 0 Å². The molecule has 0 aliphatic rings. The van der Waals surface area contributed by atoms with Gasteiger partial charge in [-0.25, -0.2) is 0 Å². The van der Waals surface area contributed by atoms with Crippen molar-refractivity contribution >= 4 is 39.6 Å². The molecule has 74 heavy (non-hydrogen) atoms. The van der Waals surface area contributed by atoms with Gasteiger partial charge in [0.1, 0.15) is 6.15 Å². The van der Waals surface area contributed by atoms with E-state index in [0.29, 0.717) is 11.5 Å². The molecule has 0 unspecified atom stereocenters. The van der Waals surface area contributed by atoms with E-state index >= 15 is 0 Å². The lowest BCUT2D eigenvalue weighted by Crippen LogP contribution is -3.61. The molecule has 0 saturated carbocycles. The highest BCUT2D eigenvalue weighted by Crippen LogP contribution is 2.41. The Morgan fingerprint density at radius 2 is 0.500 bits per heavy atom. The zero-order valence-electron chi connectivity index (χ0n) is 35.9. The van der Waals surface area contributed by atoms with Crippen LogP contribution in [0.1, 0.15) is 79.5 Å². The largest absolute Gasteiger partial charge is 0.443 e. The number of hydrogen-bond acceptors (Lipinski definition) is 4. The van der Waals surface area contributed by atoms with Gasteiger partial charge in [-0.2, -0.15) is 127 Å². The third-order valence-corrected chi connectivity index (χ3v) is 12.7. The Morgan fingerprint density at radius 1 is 0.324 bits per heavy atom. The van der Waals surface area contributed by atoms with Gasteiger partial charge in [0.2, 0.25) is 0 Å². The van der Waals surface area contributed by atoms with Crippen molar-refractivity contribution < 1.29 is 145 Å². The predicted molar refractivity (Wildman–Crippen MR) is 205 cm³/mol. The Bertz CT molecular complexity index is 2560. The molecule has 30 heteroatoms. The first kappa shape index (κ1) is 58.8. The molecule has 4 nitrogen and oxygen atoms in total. The Hall–Kier alpha value is -6.11. The average Bonchev–Trinajstić information content (AvgIpc) is 3.92. The van der Waals surface area contributed by atoms with Crippen molar-refractivity contribution in [3.8, 4) is 0 Å². The van der Waals surface area contributed by atoms with Gasteiger partial charge in [-0.3, -0.25) is 9.59 Å². The van der Waals surface area contributed by atoms with Crippen molar-refractivity contribution in [3.63, 3.8) is 0 Å². The van der Waals surface area contributed by atoms with Crippen LogP contribution in [0, 0.1) is 7.53 Å².